The molecule has 0 spiro atoms. The van der Waals surface area contributed by atoms with E-state index in [1.165, 1.54) is 0 Å². The predicted molar refractivity (Wildman–Crippen MR) is 106 cm³/mol. The van der Waals surface area contributed by atoms with E-state index in [1.807, 2.05) is 6.92 Å². The number of benzene rings is 2. The molecule has 2 aromatic rings. The average Bonchev–Trinajstić information content (AvgIpc) is 3.52. The zero-order valence-electron chi connectivity index (χ0n) is 15.7. The lowest BCUT2D eigenvalue weighted by Crippen LogP contribution is -2.33. The van der Waals surface area contributed by atoms with Crippen molar-refractivity contribution in [2.75, 3.05) is 23.8 Å². The van der Waals surface area contributed by atoms with Gasteiger partial charge in [-0.2, -0.15) is 0 Å². The summed E-state index contributed by atoms with van der Waals surface area (Å²) in [5.41, 5.74) is 1.55. The molecular weight excluding hydrogens is 358 g/mol. The Bertz CT molecular complexity index is 877. The van der Waals surface area contributed by atoms with Crippen LogP contribution in [0.2, 0.25) is 0 Å². The molecule has 0 radical (unpaired) electrons. The zero-order chi connectivity index (χ0) is 19.9. The molecule has 1 fully saturated rings. The van der Waals surface area contributed by atoms with Gasteiger partial charge in [0.2, 0.25) is 11.8 Å². The van der Waals surface area contributed by atoms with Crippen LogP contribution >= 0.6 is 0 Å². The molecular formula is C21H23N3O4. The molecule has 0 atom stereocenters. The maximum Gasteiger partial charge on any atom is 0.255 e. The van der Waals surface area contributed by atoms with Crippen molar-refractivity contribution in [3.05, 3.63) is 54.1 Å². The number of carbonyl (C=O) groups excluding carboxylic acids is 3. The molecule has 0 bridgehead atoms. The number of anilines is 2. The topological polar surface area (TPSA) is 96.5 Å². The normalized spacial score (nSPS) is 12.8. The van der Waals surface area contributed by atoms with E-state index in [0.717, 1.165) is 12.8 Å². The number of rotatable bonds is 8. The molecule has 2 aromatic carbocycles. The van der Waals surface area contributed by atoms with Crippen LogP contribution in [0.3, 0.4) is 0 Å². The first-order chi connectivity index (χ1) is 13.6. The third-order valence-corrected chi connectivity index (χ3v) is 4.20. The van der Waals surface area contributed by atoms with E-state index in [9.17, 15) is 14.4 Å². The fourth-order valence-electron chi connectivity index (χ4n) is 2.66. The molecule has 3 N–H and O–H groups in total. The summed E-state index contributed by atoms with van der Waals surface area (Å²) in [4.78, 5) is 36.3. The minimum atomic E-state index is -0.385. The molecule has 3 rings (SSSR count). The molecule has 28 heavy (non-hydrogen) atoms. The summed E-state index contributed by atoms with van der Waals surface area (Å²) in [7, 11) is 0. The molecule has 7 heteroatoms. The fraction of sp³-hybridized carbons (Fsp3) is 0.286. The fourth-order valence-corrected chi connectivity index (χ4v) is 2.66. The number of ether oxygens (including phenoxy) is 1. The van der Waals surface area contributed by atoms with Crippen molar-refractivity contribution in [2.45, 2.75) is 19.8 Å². The van der Waals surface area contributed by atoms with Crippen molar-refractivity contribution < 1.29 is 19.1 Å². The molecule has 0 aromatic heterocycles. The zero-order valence-corrected chi connectivity index (χ0v) is 15.7. The highest BCUT2D eigenvalue weighted by atomic mass is 16.5. The number of carbonyl (C=O) groups is 3. The summed E-state index contributed by atoms with van der Waals surface area (Å²) in [5, 5.41) is 8.13. The number of para-hydroxylation sites is 1. The van der Waals surface area contributed by atoms with Crippen LogP contribution in [0.15, 0.2) is 48.5 Å². The number of nitrogens with one attached hydrogen (secondary N) is 3. The molecule has 7 nitrogen and oxygen atoms in total. The highest BCUT2D eigenvalue weighted by Crippen LogP contribution is 2.30. The van der Waals surface area contributed by atoms with Crippen LogP contribution in [0.1, 0.15) is 30.1 Å². The summed E-state index contributed by atoms with van der Waals surface area (Å²) in [5.74, 6) is -0.170. The van der Waals surface area contributed by atoms with Gasteiger partial charge in [-0.05, 0) is 50.1 Å². The largest absolute Gasteiger partial charge is 0.493 e. The summed E-state index contributed by atoms with van der Waals surface area (Å²) < 4.78 is 5.43. The van der Waals surface area contributed by atoms with Crippen LogP contribution in [-0.2, 0) is 9.59 Å². The van der Waals surface area contributed by atoms with E-state index in [4.69, 9.17) is 4.74 Å². The Balaban J connectivity index is 1.53. The second kappa shape index (κ2) is 9.03. The molecule has 0 unspecified atom stereocenters. The SMILES string of the molecule is CCOc1ccccc1C(=O)NCC(=O)Nc1cccc(NC(=O)C2CC2)c1. The summed E-state index contributed by atoms with van der Waals surface area (Å²) in [6.07, 6.45) is 1.85. The Morgan fingerprint density at radius 3 is 2.43 bits per heavy atom. The van der Waals surface area contributed by atoms with Crippen LogP contribution in [0.4, 0.5) is 11.4 Å². The monoisotopic (exact) mass is 381 g/mol. The van der Waals surface area contributed by atoms with Gasteiger partial charge in [0, 0.05) is 17.3 Å². The Morgan fingerprint density at radius 1 is 1.00 bits per heavy atom. The minimum absolute atomic E-state index is 0.00343. The maximum atomic E-state index is 12.3. The molecule has 0 heterocycles. The van der Waals surface area contributed by atoms with Crippen molar-refractivity contribution in [1.29, 1.82) is 0 Å². The van der Waals surface area contributed by atoms with Crippen molar-refractivity contribution in [3.8, 4) is 5.75 Å². The number of hydrogen-bond donors (Lipinski definition) is 3. The second-order valence-corrected chi connectivity index (χ2v) is 6.50. The lowest BCUT2D eigenvalue weighted by molar-refractivity contribution is -0.117. The van der Waals surface area contributed by atoms with E-state index >= 15 is 0 Å². The second-order valence-electron chi connectivity index (χ2n) is 6.50. The Kier molecular flexibility index (Phi) is 6.26. The standard InChI is InChI=1S/C21H23N3O4/c1-2-28-18-9-4-3-8-17(18)21(27)22-13-19(25)23-15-6-5-7-16(12-15)24-20(26)14-10-11-14/h3-9,12,14H,2,10-11,13H2,1H3,(H,22,27)(H,23,25)(H,24,26). The van der Waals surface area contributed by atoms with Gasteiger partial charge < -0.3 is 20.7 Å². The first-order valence-corrected chi connectivity index (χ1v) is 9.27. The van der Waals surface area contributed by atoms with Gasteiger partial charge in [0.05, 0.1) is 18.7 Å². The molecule has 146 valence electrons. The third kappa shape index (κ3) is 5.33. The van der Waals surface area contributed by atoms with Crippen molar-refractivity contribution in [3.63, 3.8) is 0 Å². The Hall–Kier alpha value is -3.35. The van der Waals surface area contributed by atoms with E-state index in [-0.39, 0.29) is 30.2 Å². The molecule has 1 saturated carbocycles. The molecule has 1 aliphatic carbocycles. The lowest BCUT2D eigenvalue weighted by atomic mass is 10.2. The quantitative estimate of drug-likeness (QED) is 0.655. The Labute approximate surface area is 163 Å². The van der Waals surface area contributed by atoms with Crippen LogP contribution < -0.4 is 20.7 Å². The van der Waals surface area contributed by atoms with Gasteiger partial charge in [-0.1, -0.05) is 18.2 Å². The van der Waals surface area contributed by atoms with E-state index < -0.39 is 0 Å². The third-order valence-electron chi connectivity index (χ3n) is 4.20. The highest BCUT2D eigenvalue weighted by Gasteiger charge is 2.29. The molecule has 1 aliphatic rings. The van der Waals surface area contributed by atoms with Gasteiger partial charge in [-0.3, -0.25) is 14.4 Å². The van der Waals surface area contributed by atoms with Crippen LogP contribution in [0, 0.1) is 5.92 Å². The van der Waals surface area contributed by atoms with E-state index in [1.54, 1.807) is 48.5 Å². The van der Waals surface area contributed by atoms with Gasteiger partial charge >= 0.3 is 0 Å². The van der Waals surface area contributed by atoms with Crippen molar-refractivity contribution in [2.24, 2.45) is 5.92 Å². The van der Waals surface area contributed by atoms with Gasteiger partial charge in [0.15, 0.2) is 0 Å². The molecule has 0 saturated heterocycles. The highest BCUT2D eigenvalue weighted by molar-refractivity contribution is 6.01. The maximum absolute atomic E-state index is 12.3. The minimum Gasteiger partial charge on any atom is -0.493 e. The van der Waals surface area contributed by atoms with Gasteiger partial charge in [-0.25, -0.2) is 0 Å². The van der Waals surface area contributed by atoms with Crippen molar-refractivity contribution in [1.82, 2.24) is 5.32 Å². The lowest BCUT2D eigenvalue weighted by Gasteiger charge is -2.11. The molecule has 0 aliphatic heterocycles. The van der Waals surface area contributed by atoms with Crippen LogP contribution in [0.5, 0.6) is 5.75 Å². The van der Waals surface area contributed by atoms with Gasteiger partial charge in [0.1, 0.15) is 5.75 Å². The summed E-state index contributed by atoms with van der Waals surface area (Å²) >= 11 is 0. The van der Waals surface area contributed by atoms with E-state index in [2.05, 4.69) is 16.0 Å². The predicted octanol–water partition coefficient (Wildman–Crippen LogP) is 2.80. The van der Waals surface area contributed by atoms with Crippen molar-refractivity contribution >= 4 is 29.1 Å². The van der Waals surface area contributed by atoms with Gasteiger partial charge in [0.25, 0.3) is 5.91 Å². The molecule has 3 amide bonds. The average molecular weight is 381 g/mol. The Morgan fingerprint density at radius 2 is 1.71 bits per heavy atom. The van der Waals surface area contributed by atoms with Crippen LogP contribution in [-0.4, -0.2) is 30.9 Å². The summed E-state index contributed by atoms with van der Waals surface area (Å²) in [6, 6.07) is 13.8. The smallest absolute Gasteiger partial charge is 0.255 e. The number of hydrogen-bond acceptors (Lipinski definition) is 4. The van der Waals surface area contributed by atoms with E-state index in [0.29, 0.717) is 29.3 Å². The summed E-state index contributed by atoms with van der Waals surface area (Å²) in [6.45, 7) is 2.10. The van der Waals surface area contributed by atoms with Gasteiger partial charge in [-0.15, -0.1) is 0 Å². The first kappa shape index (κ1) is 19.4. The number of amides is 3. The van der Waals surface area contributed by atoms with Crippen LogP contribution in [0.25, 0.3) is 0 Å². The first-order valence-electron chi connectivity index (χ1n) is 9.27.